The lowest BCUT2D eigenvalue weighted by atomic mass is 9.89. The number of ether oxygens (including phenoxy) is 1. The van der Waals surface area contributed by atoms with Crippen LogP contribution in [0.4, 0.5) is 10.2 Å². The summed E-state index contributed by atoms with van der Waals surface area (Å²) in [4.78, 5) is 23.3. The molecule has 6 nitrogen and oxygen atoms in total. The van der Waals surface area contributed by atoms with Crippen LogP contribution in [0, 0.1) is 5.82 Å². The lowest BCUT2D eigenvalue weighted by Gasteiger charge is -2.34. The van der Waals surface area contributed by atoms with Crippen molar-refractivity contribution in [3.8, 4) is 17.0 Å². The predicted molar refractivity (Wildman–Crippen MR) is 129 cm³/mol. The smallest absolute Gasteiger partial charge is 0.335 e. The predicted octanol–water partition coefficient (Wildman–Crippen LogP) is 5.53. The van der Waals surface area contributed by atoms with E-state index in [0.717, 1.165) is 43.1 Å². The molecule has 3 aromatic carbocycles. The fraction of sp³-hybridized carbons (Fsp3) is 0.222. The number of aromatic carboxylic acids is 1. The Kier molecular flexibility index (Phi) is 5.84. The van der Waals surface area contributed by atoms with Crippen LogP contribution in [0.3, 0.4) is 0 Å². The summed E-state index contributed by atoms with van der Waals surface area (Å²) < 4.78 is 18.9. The maximum Gasteiger partial charge on any atom is 0.335 e. The number of anilines is 1. The number of carboxylic acid groups (broad SMARTS) is 1. The number of halogens is 1. The third-order valence-corrected chi connectivity index (χ3v) is 6.39. The van der Waals surface area contributed by atoms with Crippen molar-refractivity contribution in [3.63, 3.8) is 0 Å². The van der Waals surface area contributed by atoms with Gasteiger partial charge < -0.3 is 14.7 Å². The van der Waals surface area contributed by atoms with Crippen LogP contribution >= 0.6 is 0 Å². The first-order valence-electron chi connectivity index (χ1n) is 11.2. The summed E-state index contributed by atoms with van der Waals surface area (Å²) in [5.41, 5.74) is 3.94. The van der Waals surface area contributed by atoms with Crippen LogP contribution in [0.5, 0.6) is 5.75 Å². The number of nitrogens with zero attached hydrogens (tertiary/aromatic N) is 3. The molecule has 1 saturated heterocycles. The van der Waals surface area contributed by atoms with Gasteiger partial charge in [-0.05, 0) is 78.9 Å². The van der Waals surface area contributed by atoms with Crippen molar-refractivity contribution in [3.05, 3.63) is 83.7 Å². The Morgan fingerprint density at radius 2 is 1.68 bits per heavy atom. The van der Waals surface area contributed by atoms with Crippen LogP contribution < -0.4 is 9.64 Å². The first kappa shape index (κ1) is 21.8. The number of piperidine rings is 1. The quantitative estimate of drug-likeness (QED) is 0.425. The Bertz CT molecular complexity index is 1330. The molecule has 0 saturated carbocycles. The van der Waals surface area contributed by atoms with Gasteiger partial charge in [0, 0.05) is 18.7 Å². The number of hydrogen-bond acceptors (Lipinski definition) is 5. The maximum absolute atomic E-state index is 13.6. The van der Waals surface area contributed by atoms with E-state index >= 15 is 0 Å². The third kappa shape index (κ3) is 4.29. The van der Waals surface area contributed by atoms with E-state index in [9.17, 15) is 14.3 Å². The molecule has 1 N–H and O–H groups in total. The Labute approximate surface area is 196 Å². The zero-order valence-corrected chi connectivity index (χ0v) is 18.7. The molecule has 0 aliphatic carbocycles. The summed E-state index contributed by atoms with van der Waals surface area (Å²) in [6.45, 7) is 1.61. The largest absolute Gasteiger partial charge is 0.497 e. The first-order valence-corrected chi connectivity index (χ1v) is 11.2. The highest BCUT2D eigenvalue weighted by atomic mass is 19.1. The first-order chi connectivity index (χ1) is 16.5. The van der Waals surface area contributed by atoms with Crippen molar-refractivity contribution >= 4 is 22.8 Å². The molecule has 34 heavy (non-hydrogen) atoms. The van der Waals surface area contributed by atoms with E-state index in [-0.39, 0.29) is 11.4 Å². The van der Waals surface area contributed by atoms with E-state index in [2.05, 4.69) is 17.0 Å². The van der Waals surface area contributed by atoms with Gasteiger partial charge in [0.05, 0.1) is 23.7 Å². The van der Waals surface area contributed by atoms with Crippen molar-refractivity contribution in [1.29, 1.82) is 0 Å². The lowest BCUT2D eigenvalue weighted by Crippen LogP contribution is -2.34. The number of carbonyl (C=O) groups is 1. The lowest BCUT2D eigenvalue weighted by molar-refractivity contribution is 0.0697. The highest BCUT2D eigenvalue weighted by molar-refractivity contribution is 5.93. The van der Waals surface area contributed by atoms with Gasteiger partial charge in [0.2, 0.25) is 0 Å². The van der Waals surface area contributed by atoms with E-state index in [4.69, 9.17) is 14.7 Å². The fourth-order valence-electron chi connectivity index (χ4n) is 4.50. The topological polar surface area (TPSA) is 75.5 Å². The van der Waals surface area contributed by atoms with Crippen LogP contribution in [-0.4, -0.2) is 41.2 Å². The van der Waals surface area contributed by atoms with Crippen molar-refractivity contribution in [1.82, 2.24) is 9.97 Å². The van der Waals surface area contributed by atoms with Gasteiger partial charge in [0.1, 0.15) is 17.3 Å². The fourth-order valence-corrected chi connectivity index (χ4v) is 4.50. The van der Waals surface area contributed by atoms with E-state index in [0.29, 0.717) is 22.6 Å². The number of benzene rings is 3. The van der Waals surface area contributed by atoms with Gasteiger partial charge in [-0.1, -0.05) is 12.1 Å². The zero-order valence-electron chi connectivity index (χ0n) is 18.7. The average Bonchev–Trinajstić information content (AvgIpc) is 2.88. The van der Waals surface area contributed by atoms with Crippen LogP contribution in [0.25, 0.3) is 22.3 Å². The number of methoxy groups -OCH3 is 1. The van der Waals surface area contributed by atoms with Gasteiger partial charge in [-0.3, -0.25) is 0 Å². The molecule has 1 aliphatic rings. The molecule has 4 aromatic rings. The Morgan fingerprint density at radius 3 is 2.32 bits per heavy atom. The van der Waals surface area contributed by atoms with Crippen molar-refractivity contribution in [2.45, 2.75) is 18.8 Å². The van der Waals surface area contributed by atoms with E-state index in [1.807, 2.05) is 12.1 Å². The van der Waals surface area contributed by atoms with E-state index in [1.165, 1.54) is 29.8 Å². The molecule has 1 fully saturated rings. The zero-order chi connectivity index (χ0) is 23.7. The summed E-state index contributed by atoms with van der Waals surface area (Å²) in [6.07, 6.45) is 1.93. The number of aromatic nitrogens is 2. The SMILES string of the molecule is COc1ccc(C2CCN(c3nc4ccc(C(=O)O)cc4nc3-c3ccc(F)cc3)CC2)cc1. The van der Waals surface area contributed by atoms with Crippen molar-refractivity contribution in [2.24, 2.45) is 0 Å². The summed E-state index contributed by atoms with van der Waals surface area (Å²) in [7, 11) is 1.67. The summed E-state index contributed by atoms with van der Waals surface area (Å²) >= 11 is 0. The number of fused-ring (bicyclic) bond motifs is 1. The van der Waals surface area contributed by atoms with Gasteiger partial charge in [-0.2, -0.15) is 0 Å². The van der Waals surface area contributed by atoms with Gasteiger partial charge in [-0.15, -0.1) is 0 Å². The van der Waals surface area contributed by atoms with Gasteiger partial charge in [0.15, 0.2) is 5.82 Å². The molecule has 5 rings (SSSR count). The molecule has 0 spiro atoms. The Morgan fingerprint density at radius 1 is 0.971 bits per heavy atom. The Balaban J connectivity index is 1.49. The highest BCUT2D eigenvalue weighted by Gasteiger charge is 2.25. The molecule has 7 heteroatoms. The minimum Gasteiger partial charge on any atom is -0.497 e. The molecular weight excluding hydrogens is 433 g/mol. The van der Waals surface area contributed by atoms with Crippen molar-refractivity contribution in [2.75, 3.05) is 25.1 Å². The molecular formula is C27H24FN3O3. The molecule has 0 atom stereocenters. The summed E-state index contributed by atoms with van der Waals surface area (Å²) in [5.74, 6) is 0.685. The second-order valence-corrected chi connectivity index (χ2v) is 8.45. The van der Waals surface area contributed by atoms with Gasteiger partial charge >= 0.3 is 5.97 Å². The molecule has 2 heterocycles. The van der Waals surface area contributed by atoms with Crippen LogP contribution in [0.15, 0.2) is 66.7 Å². The third-order valence-electron chi connectivity index (χ3n) is 6.39. The highest BCUT2D eigenvalue weighted by Crippen LogP contribution is 2.35. The summed E-state index contributed by atoms with van der Waals surface area (Å²) in [6, 6.07) is 19.1. The molecule has 0 amide bonds. The van der Waals surface area contributed by atoms with E-state index in [1.54, 1.807) is 25.3 Å². The standard InChI is InChI=1S/C27H24FN3O3/c1-34-22-9-4-17(5-10-22)18-12-14-31(15-13-18)26-25(19-2-7-21(28)8-3-19)29-24-16-20(27(32)33)6-11-23(24)30-26/h2-11,16,18H,12-15H2,1H3,(H,32,33). The molecule has 0 radical (unpaired) electrons. The molecule has 172 valence electrons. The van der Waals surface area contributed by atoms with Gasteiger partial charge in [-0.25, -0.2) is 19.2 Å². The molecule has 0 bridgehead atoms. The molecule has 1 aromatic heterocycles. The van der Waals surface area contributed by atoms with Crippen LogP contribution in [0.1, 0.15) is 34.7 Å². The second-order valence-electron chi connectivity index (χ2n) is 8.45. The monoisotopic (exact) mass is 457 g/mol. The Hall–Kier alpha value is -4.00. The van der Waals surface area contributed by atoms with Gasteiger partial charge in [0.25, 0.3) is 0 Å². The number of rotatable bonds is 5. The average molecular weight is 458 g/mol. The van der Waals surface area contributed by atoms with Crippen LogP contribution in [0.2, 0.25) is 0 Å². The number of carboxylic acids is 1. The normalized spacial score (nSPS) is 14.4. The molecule has 0 unspecified atom stereocenters. The summed E-state index contributed by atoms with van der Waals surface area (Å²) in [5, 5.41) is 9.36. The molecule has 1 aliphatic heterocycles. The second kappa shape index (κ2) is 9.09. The number of hydrogen-bond donors (Lipinski definition) is 1. The minimum atomic E-state index is -1.02. The maximum atomic E-state index is 13.6. The van der Waals surface area contributed by atoms with Crippen molar-refractivity contribution < 1.29 is 19.0 Å². The minimum absolute atomic E-state index is 0.153. The van der Waals surface area contributed by atoms with Crippen LogP contribution in [-0.2, 0) is 0 Å². The van der Waals surface area contributed by atoms with E-state index < -0.39 is 5.97 Å².